The number of fused-ring (bicyclic) bond motifs is 3. The van der Waals surface area contributed by atoms with Crippen molar-refractivity contribution in [1.82, 2.24) is 25.2 Å². The molecule has 54 heavy (non-hydrogen) atoms. The molecule has 292 valence electrons. The number of hydrogen-bond acceptors (Lipinski definition) is 12. The van der Waals surface area contributed by atoms with E-state index in [1.54, 1.807) is 19.9 Å². The van der Waals surface area contributed by atoms with Crippen LogP contribution in [0.2, 0.25) is 0 Å². The molecule has 17 heteroatoms. The number of nitrogens with one attached hydrogen (secondary N) is 3. The first-order valence-corrected chi connectivity index (χ1v) is 19.8. The highest BCUT2D eigenvalue weighted by Gasteiger charge is 2.62. The third-order valence-electron chi connectivity index (χ3n) is 10.5. The molecule has 0 spiro atoms. The molecule has 0 unspecified atom stereocenters. The Morgan fingerprint density at radius 2 is 1.89 bits per heavy atom. The van der Waals surface area contributed by atoms with Crippen LogP contribution in [-0.4, -0.2) is 104 Å². The second-order valence-electron chi connectivity index (χ2n) is 14.7. The van der Waals surface area contributed by atoms with Crippen LogP contribution in [0.4, 0.5) is 4.79 Å². The van der Waals surface area contributed by atoms with Crippen LogP contribution in [0.3, 0.4) is 0 Å². The van der Waals surface area contributed by atoms with Gasteiger partial charge in [-0.2, -0.15) is 0 Å². The van der Waals surface area contributed by atoms with Crippen molar-refractivity contribution in [2.24, 2.45) is 11.8 Å². The summed E-state index contributed by atoms with van der Waals surface area (Å²) in [7, 11) is -1.16. The molecule has 5 atom stereocenters. The number of carbonyl (C=O) groups is 5. The van der Waals surface area contributed by atoms with E-state index in [1.165, 1.54) is 31.3 Å². The Labute approximate surface area is 313 Å². The van der Waals surface area contributed by atoms with E-state index in [0.717, 1.165) is 18.4 Å². The standard InChI is InChI=1S/C37H47N5O11S/c1-6-22-18-37(22,35(46)41-54(48,49)24-11-12-24)40-32(43)28-15-23-19-42(28)33(44)31(20(2)3)39-36(47)52-13-9-7-8-10-21-14-25-26(16-29(21)50-4)38-27(34(45)51-5)17-30(25)53-23/h6,14,16-17,20,22-24,28,31H,1,7-13,15,18-19H2,2-5H3,(H,39,47)(H,40,43)(H,41,46)/t22-,23-,28+,31+,37-/m1/s1. The first-order chi connectivity index (χ1) is 25.7. The SMILES string of the molecule is C=C[C@@H]1C[C@]1(NC(=O)[C@@H]1C[C@@H]2CN1C(=O)[C@H](C(C)C)NC(=O)OCCCCCc1cc3c(cc(C(=O)OC)nc3cc1OC)O2)C(=O)NS(=O)(=O)C1CC1. The predicted octanol–water partition coefficient (Wildman–Crippen LogP) is 2.52. The molecule has 1 aromatic carbocycles. The molecule has 16 nitrogen and oxygen atoms in total. The van der Waals surface area contributed by atoms with Gasteiger partial charge in [0.1, 0.15) is 35.2 Å². The highest BCUT2D eigenvalue weighted by Crippen LogP contribution is 2.45. The van der Waals surface area contributed by atoms with E-state index in [1.807, 2.05) is 6.07 Å². The van der Waals surface area contributed by atoms with Crippen molar-refractivity contribution in [3.05, 3.63) is 42.1 Å². The van der Waals surface area contributed by atoms with Crippen LogP contribution in [0.5, 0.6) is 11.5 Å². The summed E-state index contributed by atoms with van der Waals surface area (Å²) in [5, 5.41) is 5.33. The zero-order chi connectivity index (χ0) is 38.9. The van der Waals surface area contributed by atoms with Gasteiger partial charge in [-0.3, -0.25) is 19.1 Å². The minimum Gasteiger partial charge on any atom is -0.496 e. The largest absolute Gasteiger partial charge is 0.496 e. The van der Waals surface area contributed by atoms with Crippen LogP contribution >= 0.6 is 0 Å². The van der Waals surface area contributed by atoms with E-state index in [4.69, 9.17) is 18.9 Å². The van der Waals surface area contributed by atoms with Crippen LogP contribution in [0.1, 0.15) is 74.8 Å². The summed E-state index contributed by atoms with van der Waals surface area (Å²) in [6.45, 7) is 7.26. The van der Waals surface area contributed by atoms with Crippen molar-refractivity contribution in [3.63, 3.8) is 0 Å². The second kappa shape index (κ2) is 15.4. The third-order valence-corrected chi connectivity index (χ3v) is 12.3. The quantitative estimate of drug-likeness (QED) is 0.248. The fraction of sp³-hybridized carbons (Fsp3) is 0.568. The van der Waals surface area contributed by atoms with Crippen LogP contribution in [-0.2, 0) is 40.3 Å². The fourth-order valence-electron chi connectivity index (χ4n) is 7.15. The molecular formula is C37H47N5O11S. The van der Waals surface area contributed by atoms with Crippen molar-refractivity contribution >= 4 is 50.7 Å². The Morgan fingerprint density at radius 3 is 2.54 bits per heavy atom. The van der Waals surface area contributed by atoms with Gasteiger partial charge in [0.2, 0.25) is 21.8 Å². The molecule has 2 aliphatic heterocycles. The number of alkyl carbamates (subject to hydrolysis) is 1. The van der Waals surface area contributed by atoms with Crippen LogP contribution in [0, 0.1) is 11.8 Å². The maximum atomic E-state index is 14.3. The Kier molecular flexibility index (Phi) is 11.1. The van der Waals surface area contributed by atoms with Crippen LogP contribution in [0.15, 0.2) is 30.9 Å². The van der Waals surface area contributed by atoms with E-state index in [2.05, 4.69) is 26.9 Å². The molecule has 3 heterocycles. The summed E-state index contributed by atoms with van der Waals surface area (Å²) < 4.78 is 50.1. The van der Waals surface area contributed by atoms with Crippen molar-refractivity contribution in [3.8, 4) is 11.5 Å². The maximum absolute atomic E-state index is 14.3. The van der Waals surface area contributed by atoms with Gasteiger partial charge in [0, 0.05) is 29.9 Å². The van der Waals surface area contributed by atoms with Crippen molar-refractivity contribution in [2.75, 3.05) is 27.4 Å². The fourth-order valence-corrected chi connectivity index (χ4v) is 8.52. The molecular weight excluding hydrogens is 722 g/mol. The lowest BCUT2D eigenvalue weighted by Crippen LogP contribution is -2.59. The molecule has 4 aliphatic rings. The number of esters is 1. The third kappa shape index (κ3) is 7.95. The number of ether oxygens (including phenoxy) is 4. The van der Waals surface area contributed by atoms with Gasteiger partial charge in [0.05, 0.1) is 38.1 Å². The number of amides is 4. The number of methoxy groups -OCH3 is 2. The average molecular weight is 770 g/mol. The minimum absolute atomic E-state index is 0.0296. The lowest BCUT2D eigenvalue weighted by atomic mass is 10.0. The number of benzene rings is 1. The Hall–Kier alpha value is -4.93. The molecule has 1 saturated heterocycles. The van der Waals surface area contributed by atoms with E-state index >= 15 is 0 Å². The first-order valence-electron chi connectivity index (χ1n) is 18.2. The van der Waals surface area contributed by atoms with Gasteiger partial charge in [0.15, 0.2) is 5.69 Å². The van der Waals surface area contributed by atoms with Crippen molar-refractivity contribution in [1.29, 1.82) is 0 Å². The maximum Gasteiger partial charge on any atom is 0.407 e. The Bertz CT molecular complexity index is 1970. The highest BCUT2D eigenvalue weighted by atomic mass is 32.2. The summed E-state index contributed by atoms with van der Waals surface area (Å²) >= 11 is 0. The molecule has 2 saturated carbocycles. The number of aromatic nitrogens is 1. The van der Waals surface area contributed by atoms with Gasteiger partial charge < -0.3 is 34.5 Å². The summed E-state index contributed by atoms with van der Waals surface area (Å²) in [4.78, 5) is 73.6. The summed E-state index contributed by atoms with van der Waals surface area (Å²) in [5.74, 6) is -3.02. The summed E-state index contributed by atoms with van der Waals surface area (Å²) in [5.41, 5.74) is -0.363. The monoisotopic (exact) mass is 769 g/mol. The van der Waals surface area contributed by atoms with E-state index in [-0.39, 0.29) is 37.4 Å². The van der Waals surface area contributed by atoms with Gasteiger partial charge >= 0.3 is 12.1 Å². The number of cyclic esters (lactones) is 1. The topological polar surface area (TPSA) is 209 Å². The van der Waals surface area contributed by atoms with Gasteiger partial charge in [0.25, 0.3) is 5.91 Å². The molecule has 6 rings (SSSR count). The summed E-state index contributed by atoms with van der Waals surface area (Å²) in [6.07, 6.45) is 3.49. The number of nitrogens with zero attached hydrogens (tertiary/aromatic N) is 2. The highest BCUT2D eigenvalue weighted by molar-refractivity contribution is 7.91. The Morgan fingerprint density at radius 1 is 1.13 bits per heavy atom. The molecule has 3 fully saturated rings. The van der Waals surface area contributed by atoms with Gasteiger partial charge in [-0.15, -0.1) is 6.58 Å². The number of sulfonamides is 1. The Balaban J connectivity index is 1.38. The number of hydrogen-bond donors (Lipinski definition) is 3. The zero-order valence-corrected chi connectivity index (χ0v) is 31.7. The summed E-state index contributed by atoms with van der Waals surface area (Å²) in [6, 6.07) is 2.75. The number of aryl methyl sites for hydroxylation is 1. The van der Waals surface area contributed by atoms with Crippen molar-refractivity contribution in [2.45, 2.75) is 94.2 Å². The molecule has 2 aliphatic carbocycles. The van der Waals surface area contributed by atoms with Crippen LogP contribution < -0.4 is 24.8 Å². The average Bonchev–Trinajstić information content (AvgIpc) is 4.07. The lowest BCUT2D eigenvalue weighted by Gasteiger charge is -2.31. The predicted molar refractivity (Wildman–Crippen MR) is 194 cm³/mol. The number of carbonyl (C=O) groups excluding carboxylic acids is 5. The zero-order valence-electron chi connectivity index (χ0n) is 30.8. The number of pyridine rings is 1. The number of rotatable bonds is 9. The lowest BCUT2D eigenvalue weighted by molar-refractivity contribution is -0.141. The smallest absolute Gasteiger partial charge is 0.407 e. The molecule has 2 aromatic rings. The first kappa shape index (κ1) is 38.8. The molecule has 0 radical (unpaired) electrons. The molecule has 3 N–H and O–H groups in total. The van der Waals surface area contributed by atoms with E-state index in [9.17, 15) is 32.4 Å². The van der Waals surface area contributed by atoms with Crippen LogP contribution in [0.25, 0.3) is 10.9 Å². The second-order valence-corrected chi connectivity index (χ2v) is 16.6. The van der Waals surface area contributed by atoms with Crippen molar-refractivity contribution < 1.29 is 51.3 Å². The van der Waals surface area contributed by atoms with Gasteiger partial charge in [-0.25, -0.2) is 23.0 Å². The molecule has 4 amide bonds. The minimum atomic E-state index is -3.93. The molecule has 1 aromatic heterocycles. The van der Waals surface area contributed by atoms with E-state index < -0.39 is 80.6 Å². The van der Waals surface area contributed by atoms with Gasteiger partial charge in [-0.1, -0.05) is 19.9 Å². The molecule has 4 bridgehead atoms. The van der Waals surface area contributed by atoms with Gasteiger partial charge in [-0.05, 0) is 62.5 Å². The van der Waals surface area contributed by atoms with E-state index in [0.29, 0.717) is 42.3 Å². The normalized spacial score (nSPS) is 26.1.